The summed E-state index contributed by atoms with van der Waals surface area (Å²) in [5.74, 6) is -2.81. The zero-order valence-corrected chi connectivity index (χ0v) is 14.9. The van der Waals surface area contributed by atoms with Gasteiger partial charge in [-0.3, -0.25) is 29.4 Å². The van der Waals surface area contributed by atoms with Gasteiger partial charge in [0, 0.05) is 19.0 Å². The predicted octanol–water partition coefficient (Wildman–Crippen LogP) is -0.0311. The molecule has 154 valence electrons. The van der Waals surface area contributed by atoms with Gasteiger partial charge in [-0.2, -0.15) is 8.78 Å². The number of piperidine rings is 1. The van der Waals surface area contributed by atoms with Gasteiger partial charge in [0.1, 0.15) is 17.5 Å². The molecule has 3 rings (SSSR count). The number of nitrogens with zero attached hydrogens (tertiary/aromatic N) is 1. The number of carbonyl (C=O) groups is 4. The summed E-state index contributed by atoms with van der Waals surface area (Å²) < 4.78 is 28.9. The Morgan fingerprint density at radius 2 is 2.03 bits per heavy atom. The van der Waals surface area contributed by atoms with Gasteiger partial charge in [0.2, 0.25) is 11.8 Å². The molecule has 1 saturated heterocycles. The van der Waals surface area contributed by atoms with E-state index in [-0.39, 0.29) is 36.4 Å². The van der Waals surface area contributed by atoms with Crippen LogP contribution < -0.4 is 15.4 Å². The Labute approximate surface area is 163 Å². The Kier molecular flexibility index (Phi) is 5.87. The second-order valence-electron chi connectivity index (χ2n) is 6.39. The Morgan fingerprint density at radius 1 is 1.28 bits per heavy atom. The van der Waals surface area contributed by atoms with Gasteiger partial charge in [-0.05, 0) is 24.1 Å². The van der Waals surface area contributed by atoms with Gasteiger partial charge in [0.05, 0.1) is 6.10 Å². The van der Waals surface area contributed by atoms with Gasteiger partial charge in [0.15, 0.2) is 0 Å². The SMILES string of the molecule is O=C1CCC(N2C(=O)C=C(NCC(O)c3cccc(OC(F)F)c3)C2=O)C(=O)N1. The Morgan fingerprint density at radius 3 is 2.72 bits per heavy atom. The molecule has 1 aromatic carbocycles. The Hall–Kier alpha value is -3.34. The number of amides is 4. The maximum Gasteiger partial charge on any atom is 0.387 e. The summed E-state index contributed by atoms with van der Waals surface area (Å²) in [7, 11) is 0. The van der Waals surface area contributed by atoms with Gasteiger partial charge in [-0.1, -0.05) is 12.1 Å². The first-order chi connectivity index (χ1) is 13.8. The van der Waals surface area contributed by atoms with E-state index in [4.69, 9.17) is 0 Å². The summed E-state index contributed by atoms with van der Waals surface area (Å²) in [6, 6.07) is 4.34. The van der Waals surface area contributed by atoms with Crippen molar-refractivity contribution in [1.29, 1.82) is 0 Å². The van der Waals surface area contributed by atoms with Crippen molar-refractivity contribution in [2.75, 3.05) is 6.54 Å². The summed E-state index contributed by atoms with van der Waals surface area (Å²) in [4.78, 5) is 48.6. The number of ether oxygens (including phenoxy) is 1. The van der Waals surface area contributed by atoms with E-state index in [1.165, 1.54) is 24.3 Å². The molecule has 2 aliphatic rings. The third-order valence-electron chi connectivity index (χ3n) is 4.43. The molecule has 2 heterocycles. The molecule has 1 fully saturated rings. The first kappa shape index (κ1) is 20.4. The molecule has 4 amide bonds. The number of hydrogen-bond acceptors (Lipinski definition) is 7. The first-order valence-corrected chi connectivity index (χ1v) is 8.66. The second-order valence-corrected chi connectivity index (χ2v) is 6.39. The fraction of sp³-hybridized carbons (Fsp3) is 0.333. The maximum atomic E-state index is 12.5. The largest absolute Gasteiger partial charge is 0.435 e. The molecular weight excluding hydrogens is 392 g/mol. The van der Waals surface area contributed by atoms with Gasteiger partial charge in [-0.15, -0.1) is 0 Å². The smallest absolute Gasteiger partial charge is 0.387 e. The summed E-state index contributed by atoms with van der Waals surface area (Å²) in [6.07, 6.45) is -0.158. The lowest BCUT2D eigenvalue weighted by molar-refractivity contribution is -0.149. The molecule has 0 radical (unpaired) electrons. The van der Waals surface area contributed by atoms with Crippen molar-refractivity contribution >= 4 is 23.6 Å². The fourth-order valence-electron chi connectivity index (χ4n) is 3.06. The summed E-state index contributed by atoms with van der Waals surface area (Å²) in [5.41, 5.74) is 0.133. The molecule has 11 heteroatoms. The average molecular weight is 409 g/mol. The lowest BCUT2D eigenvalue weighted by atomic mass is 10.0. The van der Waals surface area contributed by atoms with Crippen LogP contribution in [0.15, 0.2) is 36.0 Å². The van der Waals surface area contributed by atoms with Crippen LogP contribution in [0.25, 0.3) is 0 Å². The molecule has 0 bridgehead atoms. The molecule has 2 unspecified atom stereocenters. The minimum atomic E-state index is -3.01. The quantitative estimate of drug-likeness (QED) is 0.540. The van der Waals surface area contributed by atoms with Crippen LogP contribution in [0.5, 0.6) is 5.75 Å². The molecule has 0 aliphatic carbocycles. The first-order valence-electron chi connectivity index (χ1n) is 8.66. The number of imide groups is 2. The van der Waals surface area contributed by atoms with Crippen LogP contribution in [-0.2, 0) is 19.2 Å². The summed E-state index contributed by atoms with van der Waals surface area (Å²) in [5, 5.41) is 14.9. The normalized spacial score (nSPS) is 20.6. The van der Waals surface area contributed by atoms with Crippen LogP contribution in [0.2, 0.25) is 0 Å². The number of carbonyl (C=O) groups excluding carboxylic acids is 4. The maximum absolute atomic E-state index is 12.5. The third-order valence-corrected chi connectivity index (χ3v) is 4.43. The Bertz CT molecular complexity index is 888. The van der Waals surface area contributed by atoms with Crippen molar-refractivity contribution in [3.63, 3.8) is 0 Å². The Balaban J connectivity index is 1.62. The van der Waals surface area contributed by atoms with Crippen LogP contribution >= 0.6 is 0 Å². The zero-order chi connectivity index (χ0) is 21.1. The molecule has 1 aromatic rings. The van der Waals surface area contributed by atoms with Gasteiger partial charge < -0.3 is 15.2 Å². The number of hydrogen-bond donors (Lipinski definition) is 3. The number of halogens is 2. The lowest BCUT2D eigenvalue weighted by Gasteiger charge is -2.28. The predicted molar refractivity (Wildman–Crippen MR) is 92.1 cm³/mol. The third kappa shape index (κ3) is 4.57. The highest BCUT2D eigenvalue weighted by Crippen LogP contribution is 2.23. The number of alkyl halides is 2. The van der Waals surface area contributed by atoms with E-state index in [9.17, 15) is 33.1 Å². The van der Waals surface area contributed by atoms with Crippen LogP contribution in [0.4, 0.5) is 8.78 Å². The van der Waals surface area contributed by atoms with Crippen molar-refractivity contribution in [3.8, 4) is 5.75 Å². The second kappa shape index (κ2) is 8.35. The molecule has 2 atom stereocenters. The van der Waals surface area contributed by atoms with E-state index in [2.05, 4.69) is 15.4 Å². The number of aliphatic hydroxyl groups is 1. The van der Waals surface area contributed by atoms with E-state index in [1.807, 2.05) is 0 Å². The van der Waals surface area contributed by atoms with Crippen LogP contribution in [0.1, 0.15) is 24.5 Å². The van der Waals surface area contributed by atoms with E-state index < -0.39 is 42.4 Å². The lowest BCUT2D eigenvalue weighted by Crippen LogP contribution is -2.54. The molecule has 29 heavy (non-hydrogen) atoms. The van der Waals surface area contributed by atoms with E-state index >= 15 is 0 Å². The highest BCUT2D eigenvalue weighted by molar-refractivity contribution is 6.18. The van der Waals surface area contributed by atoms with Gasteiger partial charge in [0.25, 0.3) is 11.8 Å². The van der Waals surface area contributed by atoms with E-state index in [0.29, 0.717) is 0 Å². The number of rotatable bonds is 7. The molecule has 0 spiro atoms. The van der Waals surface area contributed by atoms with Crippen molar-refractivity contribution in [1.82, 2.24) is 15.5 Å². The number of nitrogens with one attached hydrogen (secondary N) is 2. The molecule has 0 saturated carbocycles. The van der Waals surface area contributed by atoms with Crippen molar-refractivity contribution in [2.45, 2.75) is 31.6 Å². The van der Waals surface area contributed by atoms with Crippen molar-refractivity contribution < 1.29 is 37.8 Å². The van der Waals surface area contributed by atoms with Crippen LogP contribution in [0, 0.1) is 0 Å². The minimum absolute atomic E-state index is 0.00592. The molecular formula is C18H17F2N3O6. The monoisotopic (exact) mass is 409 g/mol. The van der Waals surface area contributed by atoms with Crippen molar-refractivity contribution in [2.24, 2.45) is 0 Å². The summed E-state index contributed by atoms with van der Waals surface area (Å²) >= 11 is 0. The number of benzene rings is 1. The molecule has 9 nitrogen and oxygen atoms in total. The van der Waals surface area contributed by atoms with E-state index in [1.54, 1.807) is 0 Å². The van der Waals surface area contributed by atoms with Crippen LogP contribution in [0.3, 0.4) is 0 Å². The number of aliphatic hydroxyl groups excluding tert-OH is 1. The highest BCUT2D eigenvalue weighted by atomic mass is 19.3. The van der Waals surface area contributed by atoms with E-state index in [0.717, 1.165) is 11.0 Å². The highest BCUT2D eigenvalue weighted by Gasteiger charge is 2.42. The standard InChI is InChI=1S/C18H17F2N3O6/c19-18(20)29-10-3-1-2-9(6-10)13(24)8-21-11-7-15(26)23(17(11)28)12-4-5-14(25)22-16(12)27/h1-3,6-7,12-13,18,21,24H,4-5,8H2,(H,22,25,27). The minimum Gasteiger partial charge on any atom is -0.435 e. The van der Waals surface area contributed by atoms with Gasteiger partial charge >= 0.3 is 6.61 Å². The van der Waals surface area contributed by atoms with Gasteiger partial charge in [-0.25, -0.2) is 0 Å². The fourth-order valence-corrected chi connectivity index (χ4v) is 3.06. The van der Waals surface area contributed by atoms with Crippen molar-refractivity contribution in [3.05, 3.63) is 41.6 Å². The van der Waals surface area contributed by atoms with Crippen LogP contribution in [-0.4, -0.2) is 52.8 Å². The molecule has 3 N–H and O–H groups in total. The molecule has 0 aromatic heterocycles. The zero-order valence-electron chi connectivity index (χ0n) is 14.9. The molecule has 2 aliphatic heterocycles. The summed E-state index contributed by atoms with van der Waals surface area (Å²) in [6.45, 7) is -3.21. The topological polar surface area (TPSA) is 125 Å². The average Bonchev–Trinajstić information content (AvgIpc) is 2.93.